The van der Waals surface area contributed by atoms with Crippen LogP contribution in [0.25, 0.3) is 0 Å². The van der Waals surface area contributed by atoms with Crippen LogP contribution in [0.4, 0.5) is 10.6 Å². The summed E-state index contributed by atoms with van der Waals surface area (Å²) in [4.78, 5) is 16.7. The van der Waals surface area contributed by atoms with Crippen molar-refractivity contribution in [3.8, 4) is 11.5 Å². The summed E-state index contributed by atoms with van der Waals surface area (Å²) in [6.07, 6.45) is 0. The molecule has 5 rings (SSSR count). The van der Waals surface area contributed by atoms with Crippen LogP contribution in [0.2, 0.25) is 0 Å². The third-order valence-corrected chi connectivity index (χ3v) is 7.28. The standard InChI is InChI=1S/C36H35N3O5/c1-42-32-18-14-29(15-19-32)36(28-10-4-3-5-11-28,30-16-20-33(43-2)21-17-30)44-25-27-9-6-8-26(22-27)23-37-35(41)39-34-13-7-12-31(24-40)38-34/h3-22,40H,23-25H2,1-2H3,(H2,37,38,39,41). The average Bonchev–Trinajstić information content (AvgIpc) is 3.09. The summed E-state index contributed by atoms with van der Waals surface area (Å²) < 4.78 is 17.9. The van der Waals surface area contributed by atoms with Crippen LogP contribution in [-0.4, -0.2) is 30.3 Å². The van der Waals surface area contributed by atoms with E-state index < -0.39 is 11.6 Å². The van der Waals surface area contributed by atoms with Crippen molar-refractivity contribution in [2.45, 2.75) is 25.4 Å². The molecular formula is C36H35N3O5. The van der Waals surface area contributed by atoms with E-state index in [0.29, 0.717) is 24.7 Å². The van der Waals surface area contributed by atoms with E-state index in [-0.39, 0.29) is 6.61 Å². The molecule has 0 fully saturated rings. The molecule has 0 spiro atoms. The minimum absolute atomic E-state index is 0.200. The Labute approximate surface area is 257 Å². The summed E-state index contributed by atoms with van der Waals surface area (Å²) >= 11 is 0. The van der Waals surface area contributed by atoms with Gasteiger partial charge in [0.1, 0.15) is 22.9 Å². The van der Waals surface area contributed by atoms with E-state index >= 15 is 0 Å². The second-order valence-corrected chi connectivity index (χ2v) is 10.1. The van der Waals surface area contributed by atoms with Gasteiger partial charge in [0.05, 0.1) is 33.1 Å². The van der Waals surface area contributed by atoms with Gasteiger partial charge < -0.3 is 24.6 Å². The molecule has 0 aliphatic rings. The van der Waals surface area contributed by atoms with E-state index in [0.717, 1.165) is 39.3 Å². The van der Waals surface area contributed by atoms with Gasteiger partial charge in [-0.05, 0) is 64.2 Å². The number of amides is 2. The van der Waals surface area contributed by atoms with Crippen LogP contribution in [0.5, 0.6) is 11.5 Å². The van der Waals surface area contributed by atoms with Gasteiger partial charge in [0.15, 0.2) is 0 Å². The number of carbonyl (C=O) groups excluding carboxylic acids is 1. The molecule has 2 amide bonds. The molecule has 0 saturated carbocycles. The van der Waals surface area contributed by atoms with Gasteiger partial charge in [-0.15, -0.1) is 0 Å². The summed E-state index contributed by atoms with van der Waals surface area (Å²) in [6.45, 7) is 0.402. The van der Waals surface area contributed by atoms with E-state index in [9.17, 15) is 9.90 Å². The maximum Gasteiger partial charge on any atom is 0.320 e. The number of aliphatic hydroxyl groups excluding tert-OH is 1. The first-order valence-corrected chi connectivity index (χ1v) is 14.2. The van der Waals surface area contributed by atoms with Crippen LogP contribution >= 0.6 is 0 Å². The number of benzene rings is 4. The van der Waals surface area contributed by atoms with E-state index in [1.54, 1.807) is 32.4 Å². The monoisotopic (exact) mass is 589 g/mol. The minimum Gasteiger partial charge on any atom is -0.497 e. The molecule has 8 nitrogen and oxygen atoms in total. The quantitative estimate of drug-likeness (QED) is 0.145. The third kappa shape index (κ3) is 7.06. The van der Waals surface area contributed by atoms with Gasteiger partial charge in [0, 0.05) is 6.54 Å². The number of pyridine rings is 1. The van der Waals surface area contributed by atoms with Crippen molar-refractivity contribution in [3.63, 3.8) is 0 Å². The highest BCUT2D eigenvalue weighted by Gasteiger charge is 2.38. The Morgan fingerprint density at radius 2 is 1.32 bits per heavy atom. The van der Waals surface area contributed by atoms with Crippen molar-refractivity contribution in [1.82, 2.24) is 10.3 Å². The Balaban J connectivity index is 1.40. The lowest BCUT2D eigenvalue weighted by Crippen LogP contribution is -2.33. The highest BCUT2D eigenvalue weighted by Crippen LogP contribution is 2.42. The lowest BCUT2D eigenvalue weighted by molar-refractivity contribution is 0.000167. The number of hydrogen-bond acceptors (Lipinski definition) is 6. The number of ether oxygens (including phenoxy) is 3. The molecular weight excluding hydrogens is 554 g/mol. The number of carbonyl (C=O) groups is 1. The second-order valence-electron chi connectivity index (χ2n) is 10.1. The van der Waals surface area contributed by atoms with Crippen molar-refractivity contribution < 1.29 is 24.1 Å². The van der Waals surface area contributed by atoms with Gasteiger partial charge in [-0.1, -0.05) is 84.9 Å². The highest BCUT2D eigenvalue weighted by molar-refractivity contribution is 5.88. The molecule has 0 unspecified atom stereocenters. The maximum absolute atomic E-state index is 12.5. The second kappa shape index (κ2) is 14.3. The molecule has 0 aliphatic carbocycles. The highest BCUT2D eigenvalue weighted by atomic mass is 16.5. The number of nitrogens with zero attached hydrogens (tertiary/aromatic N) is 1. The van der Waals surface area contributed by atoms with Crippen LogP contribution in [0.3, 0.4) is 0 Å². The predicted octanol–water partition coefficient (Wildman–Crippen LogP) is 6.42. The van der Waals surface area contributed by atoms with Crippen LogP contribution < -0.4 is 20.1 Å². The smallest absolute Gasteiger partial charge is 0.320 e. The number of aromatic nitrogens is 1. The zero-order chi connectivity index (χ0) is 30.8. The summed E-state index contributed by atoms with van der Waals surface area (Å²) in [5, 5.41) is 14.9. The van der Waals surface area contributed by atoms with Gasteiger partial charge in [-0.3, -0.25) is 5.32 Å². The molecule has 1 aromatic heterocycles. The third-order valence-electron chi connectivity index (χ3n) is 7.28. The average molecular weight is 590 g/mol. The molecule has 0 saturated heterocycles. The minimum atomic E-state index is -0.940. The van der Waals surface area contributed by atoms with Gasteiger partial charge in [0.2, 0.25) is 0 Å². The first-order chi connectivity index (χ1) is 21.5. The van der Waals surface area contributed by atoms with Crippen LogP contribution in [0.1, 0.15) is 33.5 Å². The number of urea groups is 1. The van der Waals surface area contributed by atoms with E-state index in [1.165, 1.54) is 0 Å². The molecule has 0 atom stereocenters. The summed E-state index contributed by atoms with van der Waals surface area (Å²) in [5.41, 5.74) is 4.27. The Morgan fingerprint density at radius 1 is 0.727 bits per heavy atom. The molecule has 44 heavy (non-hydrogen) atoms. The van der Waals surface area contributed by atoms with Crippen molar-refractivity contribution >= 4 is 11.8 Å². The van der Waals surface area contributed by atoms with Crippen molar-refractivity contribution in [3.05, 3.63) is 155 Å². The van der Waals surface area contributed by atoms with E-state index in [4.69, 9.17) is 14.2 Å². The fourth-order valence-electron chi connectivity index (χ4n) is 5.08. The molecule has 5 aromatic rings. The summed E-state index contributed by atoms with van der Waals surface area (Å²) in [7, 11) is 3.30. The van der Waals surface area contributed by atoms with E-state index in [1.807, 2.05) is 91.0 Å². The number of hydrogen-bond donors (Lipinski definition) is 3. The SMILES string of the molecule is COc1ccc(C(OCc2cccc(CNC(=O)Nc3cccc(CO)n3)c2)(c2ccccc2)c2ccc(OC)cc2)cc1. The van der Waals surface area contributed by atoms with Gasteiger partial charge in [0.25, 0.3) is 0 Å². The molecule has 0 bridgehead atoms. The number of anilines is 1. The van der Waals surface area contributed by atoms with Gasteiger partial charge in [-0.25, -0.2) is 9.78 Å². The Kier molecular flexibility index (Phi) is 9.86. The fourth-order valence-corrected chi connectivity index (χ4v) is 5.08. The zero-order valence-electron chi connectivity index (χ0n) is 24.7. The lowest BCUT2D eigenvalue weighted by Gasteiger charge is -2.36. The van der Waals surface area contributed by atoms with Gasteiger partial charge >= 0.3 is 6.03 Å². The molecule has 0 radical (unpaired) electrons. The van der Waals surface area contributed by atoms with Crippen molar-refractivity contribution in [2.24, 2.45) is 0 Å². The lowest BCUT2D eigenvalue weighted by atomic mass is 9.80. The number of rotatable bonds is 12. The van der Waals surface area contributed by atoms with Crippen molar-refractivity contribution in [1.29, 1.82) is 0 Å². The summed E-state index contributed by atoms with van der Waals surface area (Å²) in [6, 6.07) is 38.6. The molecule has 1 heterocycles. The Hall–Kier alpha value is -5.18. The molecule has 224 valence electrons. The largest absolute Gasteiger partial charge is 0.497 e. The number of nitrogens with one attached hydrogen (secondary N) is 2. The predicted molar refractivity (Wildman–Crippen MR) is 170 cm³/mol. The molecule has 3 N–H and O–H groups in total. The number of aliphatic hydroxyl groups is 1. The number of methoxy groups -OCH3 is 2. The van der Waals surface area contributed by atoms with Crippen LogP contribution in [0, 0.1) is 0 Å². The Bertz CT molecular complexity index is 1610. The van der Waals surface area contributed by atoms with Gasteiger partial charge in [-0.2, -0.15) is 0 Å². The molecule has 0 aliphatic heterocycles. The van der Waals surface area contributed by atoms with Crippen LogP contribution in [-0.2, 0) is 30.1 Å². The first-order valence-electron chi connectivity index (χ1n) is 14.2. The summed E-state index contributed by atoms with van der Waals surface area (Å²) in [5.74, 6) is 1.88. The van der Waals surface area contributed by atoms with Crippen molar-refractivity contribution in [2.75, 3.05) is 19.5 Å². The maximum atomic E-state index is 12.5. The van der Waals surface area contributed by atoms with Crippen LogP contribution in [0.15, 0.2) is 121 Å². The fraction of sp³-hybridized carbons (Fsp3) is 0.167. The first kappa shape index (κ1) is 30.3. The molecule has 4 aromatic carbocycles. The normalized spacial score (nSPS) is 11.1. The Morgan fingerprint density at radius 3 is 1.93 bits per heavy atom. The topological polar surface area (TPSA) is 102 Å². The zero-order valence-corrected chi connectivity index (χ0v) is 24.7. The molecule has 8 heteroatoms. The van der Waals surface area contributed by atoms with E-state index in [2.05, 4.69) is 27.8 Å².